The van der Waals surface area contributed by atoms with Crippen LogP contribution in [-0.2, 0) is 6.42 Å². The topological polar surface area (TPSA) is 47.2 Å². The second-order valence-corrected chi connectivity index (χ2v) is 8.95. The van der Waals surface area contributed by atoms with Crippen LogP contribution in [0.1, 0.15) is 35.7 Å². The van der Waals surface area contributed by atoms with Crippen molar-refractivity contribution in [2.45, 2.75) is 31.3 Å². The molecule has 32 heavy (non-hydrogen) atoms. The maximum Gasteiger partial charge on any atom is 0.126 e. The monoisotopic (exact) mass is 433 g/mol. The average Bonchev–Trinajstić information content (AvgIpc) is 3.18. The molecule has 0 spiro atoms. The van der Waals surface area contributed by atoms with Gasteiger partial charge in [-0.2, -0.15) is 0 Å². The number of aromatic nitrogens is 2. The highest BCUT2D eigenvalue weighted by Crippen LogP contribution is 2.38. The summed E-state index contributed by atoms with van der Waals surface area (Å²) in [5, 5.41) is 4.86. The number of fused-ring (bicyclic) bond motifs is 3. The van der Waals surface area contributed by atoms with Crippen LogP contribution < -0.4 is 5.32 Å². The van der Waals surface area contributed by atoms with Crippen molar-refractivity contribution in [2.75, 3.05) is 44.7 Å². The summed E-state index contributed by atoms with van der Waals surface area (Å²) in [6.07, 6.45) is 6.67. The zero-order chi connectivity index (χ0) is 21.9. The van der Waals surface area contributed by atoms with Crippen LogP contribution in [-0.4, -0.2) is 65.2 Å². The normalized spacial score (nSPS) is 19.6. The van der Waals surface area contributed by atoms with Gasteiger partial charge in [-0.15, -0.1) is 6.58 Å². The molecule has 0 bridgehead atoms. The summed E-state index contributed by atoms with van der Waals surface area (Å²) in [4.78, 5) is 13.3. The Morgan fingerprint density at radius 3 is 2.84 bits per heavy atom. The lowest BCUT2D eigenvalue weighted by Gasteiger charge is -2.39. The van der Waals surface area contributed by atoms with Crippen molar-refractivity contribution >= 4 is 16.7 Å². The molecule has 4 heterocycles. The predicted octanol–water partition coefficient (Wildman–Crippen LogP) is 4.54. The molecule has 0 aliphatic carbocycles. The number of H-pyrrole nitrogens is 1. The van der Waals surface area contributed by atoms with Crippen molar-refractivity contribution in [3.05, 3.63) is 72.1 Å². The van der Waals surface area contributed by atoms with E-state index in [0.717, 1.165) is 51.4 Å². The average molecular weight is 434 g/mol. The number of para-hydroxylation sites is 1. The number of rotatable bonds is 9. The van der Waals surface area contributed by atoms with Crippen LogP contribution in [0.3, 0.4) is 0 Å². The van der Waals surface area contributed by atoms with Gasteiger partial charge in [0.15, 0.2) is 0 Å². The van der Waals surface area contributed by atoms with Gasteiger partial charge >= 0.3 is 0 Å². The summed E-state index contributed by atoms with van der Waals surface area (Å²) in [5.74, 6) is 0.911. The van der Waals surface area contributed by atoms with E-state index in [1.165, 1.54) is 27.7 Å². The third kappa shape index (κ3) is 4.17. The van der Waals surface area contributed by atoms with Crippen LogP contribution in [0.15, 0.2) is 55.3 Å². The molecule has 1 saturated heterocycles. The summed E-state index contributed by atoms with van der Waals surface area (Å²) in [5.41, 5.74) is 5.16. The molecule has 3 aromatic rings. The standard InChI is InChI=1S/C26H32FN5/c1-2-3-14-32-15-11-22-21-7-4-5-8-23(21)30-25(22)26(32)19-9-10-24(28-16-19)29-20-17-31(18-20)13-6-12-27/h2,4-5,7-10,16,20,26,30H,1,3,6,11-15,17-18H2,(H,28,29)/t26-/m1/s1. The van der Waals surface area contributed by atoms with Crippen molar-refractivity contribution < 1.29 is 4.39 Å². The van der Waals surface area contributed by atoms with Crippen molar-refractivity contribution in [1.29, 1.82) is 0 Å². The molecule has 5 nitrogen and oxygen atoms in total. The summed E-state index contributed by atoms with van der Waals surface area (Å²) >= 11 is 0. The van der Waals surface area contributed by atoms with Gasteiger partial charge in [0.2, 0.25) is 0 Å². The number of aromatic amines is 1. The quantitative estimate of drug-likeness (QED) is 0.487. The minimum atomic E-state index is -0.235. The van der Waals surface area contributed by atoms with Crippen LogP contribution in [0.4, 0.5) is 10.2 Å². The van der Waals surface area contributed by atoms with Crippen molar-refractivity contribution in [3.63, 3.8) is 0 Å². The lowest BCUT2D eigenvalue weighted by atomic mass is 9.93. The molecule has 0 radical (unpaired) electrons. The Bertz CT molecular complexity index is 1050. The van der Waals surface area contributed by atoms with Gasteiger partial charge < -0.3 is 10.3 Å². The van der Waals surface area contributed by atoms with E-state index < -0.39 is 0 Å². The fraction of sp³-hybridized carbons (Fsp3) is 0.423. The second kappa shape index (κ2) is 9.43. The molecule has 6 heteroatoms. The van der Waals surface area contributed by atoms with E-state index in [4.69, 9.17) is 4.98 Å². The molecule has 2 N–H and O–H groups in total. The molecular weight excluding hydrogens is 401 g/mol. The van der Waals surface area contributed by atoms with E-state index in [0.29, 0.717) is 12.5 Å². The largest absolute Gasteiger partial charge is 0.365 e. The van der Waals surface area contributed by atoms with Gasteiger partial charge in [0.25, 0.3) is 0 Å². The molecule has 2 aliphatic rings. The van der Waals surface area contributed by atoms with E-state index in [-0.39, 0.29) is 12.7 Å². The predicted molar refractivity (Wildman–Crippen MR) is 129 cm³/mol. The fourth-order valence-corrected chi connectivity index (χ4v) is 5.15. The number of halogens is 1. The summed E-state index contributed by atoms with van der Waals surface area (Å²) < 4.78 is 12.3. The molecule has 0 saturated carbocycles. The Labute approximate surface area is 189 Å². The molecule has 0 unspecified atom stereocenters. The first-order chi connectivity index (χ1) is 15.8. The highest BCUT2D eigenvalue weighted by Gasteiger charge is 2.31. The second-order valence-electron chi connectivity index (χ2n) is 8.95. The van der Waals surface area contributed by atoms with Gasteiger partial charge in [0, 0.05) is 55.5 Å². The third-order valence-corrected chi connectivity index (χ3v) is 6.77. The lowest BCUT2D eigenvalue weighted by molar-refractivity contribution is 0.155. The van der Waals surface area contributed by atoms with Crippen LogP contribution >= 0.6 is 0 Å². The van der Waals surface area contributed by atoms with Crippen LogP contribution in [0, 0.1) is 0 Å². The number of nitrogens with zero attached hydrogens (tertiary/aromatic N) is 3. The third-order valence-electron chi connectivity index (χ3n) is 6.77. The zero-order valence-electron chi connectivity index (χ0n) is 18.6. The number of likely N-dealkylation sites (tertiary alicyclic amines) is 1. The fourth-order valence-electron chi connectivity index (χ4n) is 5.15. The summed E-state index contributed by atoms with van der Waals surface area (Å²) in [6, 6.07) is 13.5. The molecular formula is C26H32FN5. The van der Waals surface area contributed by atoms with Gasteiger partial charge in [0.05, 0.1) is 18.8 Å². The van der Waals surface area contributed by atoms with Crippen molar-refractivity contribution in [1.82, 2.24) is 19.8 Å². The van der Waals surface area contributed by atoms with Gasteiger partial charge in [0.1, 0.15) is 5.82 Å². The van der Waals surface area contributed by atoms with Crippen LogP contribution in [0.25, 0.3) is 10.9 Å². The molecule has 1 aromatic carbocycles. The minimum Gasteiger partial charge on any atom is -0.365 e. The summed E-state index contributed by atoms with van der Waals surface area (Å²) in [7, 11) is 0. The SMILES string of the molecule is C=CCCN1CCc2c([nH]c3ccccc23)[C@H]1c1ccc(NC2CN(CCCF)C2)nc1. The van der Waals surface area contributed by atoms with Crippen LogP contribution in [0.2, 0.25) is 0 Å². The number of hydrogen-bond acceptors (Lipinski definition) is 4. The molecule has 1 fully saturated rings. The number of anilines is 1. The minimum absolute atomic E-state index is 0.174. The Morgan fingerprint density at radius 2 is 2.06 bits per heavy atom. The smallest absolute Gasteiger partial charge is 0.126 e. The Hall–Kier alpha value is -2.70. The first kappa shape index (κ1) is 21.2. The highest BCUT2D eigenvalue weighted by molar-refractivity contribution is 5.85. The first-order valence-corrected chi connectivity index (χ1v) is 11.7. The van der Waals surface area contributed by atoms with E-state index in [9.17, 15) is 4.39 Å². The number of benzene rings is 1. The Morgan fingerprint density at radius 1 is 1.19 bits per heavy atom. The van der Waals surface area contributed by atoms with Gasteiger partial charge in [-0.25, -0.2) is 4.98 Å². The maximum absolute atomic E-state index is 12.3. The molecule has 2 aliphatic heterocycles. The van der Waals surface area contributed by atoms with E-state index in [2.05, 4.69) is 63.1 Å². The lowest BCUT2D eigenvalue weighted by Crippen LogP contribution is -2.54. The van der Waals surface area contributed by atoms with Gasteiger partial charge in [-0.1, -0.05) is 30.3 Å². The molecule has 1 atom stereocenters. The van der Waals surface area contributed by atoms with E-state index in [1.807, 2.05) is 12.3 Å². The number of alkyl halides is 1. The Balaban J connectivity index is 1.35. The van der Waals surface area contributed by atoms with Crippen molar-refractivity contribution in [3.8, 4) is 0 Å². The van der Waals surface area contributed by atoms with Gasteiger partial charge in [-0.05, 0) is 42.5 Å². The van der Waals surface area contributed by atoms with Gasteiger partial charge in [-0.3, -0.25) is 14.2 Å². The van der Waals surface area contributed by atoms with Crippen molar-refractivity contribution in [2.24, 2.45) is 0 Å². The molecule has 0 amide bonds. The highest BCUT2D eigenvalue weighted by atomic mass is 19.1. The number of pyridine rings is 1. The first-order valence-electron chi connectivity index (χ1n) is 11.7. The van der Waals surface area contributed by atoms with Crippen LogP contribution in [0.5, 0.6) is 0 Å². The van der Waals surface area contributed by atoms with E-state index >= 15 is 0 Å². The maximum atomic E-state index is 12.3. The number of nitrogens with one attached hydrogen (secondary N) is 2. The number of hydrogen-bond donors (Lipinski definition) is 2. The zero-order valence-corrected chi connectivity index (χ0v) is 18.6. The molecule has 168 valence electrons. The Kier molecular flexibility index (Phi) is 6.23. The molecule has 5 rings (SSSR count). The molecule has 2 aromatic heterocycles. The van der Waals surface area contributed by atoms with E-state index in [1.54, 1.807) is 0 Å². The summed E-state index contributed by atoms with van der Waals surface area (Å²) in [6.45, 7) is 8.46.